The van der Waals surface area contributed by atoms with Crippen molar-refractivity contribution in [1.82, 2.24) is 29.9 Å². The van der Waals surface area contributed by atoms with Crippen molar-refractivity contribution >= 4 is 34.0 Å². The highest BCUT2D eigenvalue weighted by Gasteiger charge is 2.27. The number of nitrogens with zero attached hydrogens (tertiary/aromatic N) is 6. The monoisotopic (exact) mass is 403 g/mol. The fourth-order valence-electron chi connectivity index (χ4n) is 4.05. The van der Waals surface area contributed by atoms with Crippen LogP contribution in [-0.4, -0.2) is 47.1 Å². The maximum absolute atomic E-state index is 11.3. The van der Waals surface area contributed by atoms with Crippen molar-refractivity contribution in [2.45, 2.75) is 38.6 Å². The molecule has 5 rings (SSSR count). The maximum atomic E-state index is 11.3. The highest BCUT2D eigenvalue weighted by Crippen LogP contribution is 2.27. The Balaban J connectivity index is 1.46. The summed E-state index contributed by atoms with van der Waals surface area (Å²) in [6.07, 6.45) is 4.71. The van der Waals surface area contributed by atoms with Gasteiger partial charge in [0.25, 0.3) is 0 Å². The van der Waals surface area contributed by atoms with Crippen LogP contribution in [0.5, 0.6) is 0 Å². The number of aliphatic carboxylic acids is 1. The Morgan fingerprint density at radius 2 is 2.07 bits per heavy atom. The van der Waals surface area contributed by atoms with Crippen molar-refractivity contribution in [2.75, 3.05) is 5.32 Å². The van der Waals surface area contributed by atoms with E-state index in [4.69, 9.17) is 0 Å². The van der Waals surface area contributed by atoms with Gasteiger partial charge in [0.05, 0.1) is 23.3 Å². The minimum absolute atomic E-state index is 0.0385. The summed E-state index contributed by atoms with van der Waals surface area (Å²) in [6, 6.07) is 9.95. The Hall–Kier alpha value is -3.62. The zero-order chi connectivity index (χ0) is 20.7. The van der Waals surface area contributed by atoms with Gasteiger partial charge in [-0.3, -0.25) is 9.78 Å². The molecular formula is C21H21N7O2. The Labute approximate surface area is 172 Å². The van der Waals surface area contributed by atoms with E-state index < -0.39 is 5.97 Å². The summed E-state index contributed by atoms with van der Waals surface area (Å²) < 4.78 is 1.68. The van der Waals surface area contributed by atoms with Gasteiger partial charge in [-0.15, -0.1) is 5.10 Å². The number of carbonyl (C=O) groups is 1. The van der Waals surface area contributed by atoms with E-state index in [0.29, 0.717) is 23.5 Å². The van der Waals surface area contributed by atoms with E-state index in [1.54, 1.807) is 10.9 Å². The molecule has 0 saturated heterocycles. The van der Waals surface area contributed by atoms with Gasteiger partial charge in [-0.05, 0) is 50.5 Å². The SMILES string of the molecule is Cc1ccc2cc(-n3nnc4cnc(N[C@H]5CCC[C@H](C(=O)O)C5)nc43)ccc2n1. The van der Waals surface area contributed by atoms with E-state index >= 15 is 0 Å². The first kappa shape index (κ1) is 18.4. The van der Waals surface area contributed by atoms with Crippen LogP contribution in [0, 0.1) is 12.8 Å². The minimum atomic E-state index is -0.735. The van der Waals surface area contributed by atoms with Crippen molar-refractivity contribution in [3.05, 3.63) is 42.2 Å². The highest BCUT2D eigenvalue weighted by molar-refractivity contribution is 5.82. The minimum Gasteiger partial charge on any atom is -0.481 e. The van der Waals surface area contributed by atoms with Crippen LogP contribution >= 0.6 is 0 Å². The van der Waals surface area contributed by atoms with Gasteiger partial charge in [0.2, 0.25) is 5.95 Å². The predicted molar refractivity (Wildman–Crippen MR) is 111 cm³/mol. The maximum Gasteiger partial charge on any atom is 0.306 e. The lowest BCUT2D eigenvalue weighted by atomic mass is 9.86. The summed E-state index contributed by atoms with van der Waals surface area (Å²) in [6.45, 7) is 1.97. The second kappa shape index (κ2) is 7.33. The van der Waals surface area contributed by atoms with E-state index in [0.717, 1.165) is 41.5 Å². The summed E-state index contributed by atoms with van der Waals surface area (Å²) in [5.41, 5.74) is 3.92. The summed E-state index contributed by atoms with van der Waals surface area (Å²) in [4.78, 5) is 24.8. The molecular weight excluding hydrogens is 382 g/mol. The molecule has 1 fully saturated rings. The van der Waals surface area contributed by atoms with Gasteiger partial charge in [0.1, 0.15) is 0 Å². The molecule has 1 aliphatic rings. The Kier molecular flexibility index (Phi) is 4.50. The number of rotatable bonds is 4. The van der Waals surface area contributed by atoms with Crippen LogP contribution in [0.1, 0.15) is 31.4 Å². The Bertz CT molecular complexity index is 1250. The quantitative estimate of drug-likeness (QED) is 0.533. The van der Waals surface area contributed by atoms with Crippen LogP contribution in [0.4, 0.5) is 5.95 Å². The van der Waals surface area contributed by atoms with Gasteiger partial charge in [-0.1, -0.05) is 17.7 Å². The molecule has 1 aliphatic carbocycles. The normalized spacial score (nSPS) is 19.2. The van der Waals surface area contributed by atoms with Crippen LogP contribution in [-0.2, 0) is 4.79 Å². The molecule has 0 radical (unpaired) electrons. The molecule has 9 nitrogen and oxygen atoms in total. The topological polar surface area (TPSA) is 119 Å². The zero-order valence-corrected chi connectivity index (χ0v) is 16.5. The second-order valence-corrected chi connectivity index (χ2v) is 7.78. The zero-order valence-electron chi connectivity index (χ0n) is 16.5. The molecule has 2 atom stereocenters. The van der Waals surface area contributed by atoms with E-state index in [-0.39, 0.29) is 12.0 Å². The lowest BCUT2D eigenvalue weighted by molar-refractivity contribution is -0.142. The Morgan fingerprint density at radius 1 is 1.17 bits per heavy atom. The first-order valence-electron chi connectivity index (χ1n) is 10.0. The first-order chi connectivity index (χ1) is 14.6. The number of pyridine rings is 1. The molecule has 0 aliphatic heterocycles. The molecule has 3 aromatic heterocycles. The third kappa shape index (κ3) is 3.42. The number of hydrogen-bond acceptors (Lipinski definition) is 7. The molecule has 1 saturated carbocycles. The molecule has 2 N–H and O–H groups in total. The van der Waals surface area contributed by atoms with E-state index in [1.165, 1.54) is 0 Å². The third-order valence-electron chi connectivity index (χ3n) is 5.61. The number of hydrogen-bond donors (Lipinski definition) is 2. The largest absolute Gasteiger partial charge is 0.481 e. The van der Waals surface area contributed by atoms with Crippen LogP contribution in [0.15, 0.2) is 36.5 Å². The summed E-state index contributed by atoms with van der Waals surface area (Å²) in [5.74, 6) is -0.594. The van der Waals surface area contributed by atoms with Gasteiger partial charge in [-0.2, -0.15) is 9.67 Å². The molecule has 4 aromatic rings. The number of carboxylic acid groups (broad SMARTS) is 1. The average molecular weight is 403 g/mol. The molecule has 0 amide bonds. The summed E-state index contributed by atoms with van der Waals surface area (Å²) >= 11 is 0. The molecule has 30 heavy (non-hydrogen) atoms. The van der Waals surface area contributed by atoms with Crippen LogP contribution in [0.2, 0.25) is 0 Å². The number of nitrogens with one attached hydrogen (secondary N) is 1. The lowest BCUT2D eigenvalue weighted by Crippen LogP contribution is -2.31. The van der Waals surface area contributed by atoms with Crippen molar-refractivity contribution in [3.8, 4) is 5.69 Å². The van der Waals surface area contributed by atoms with E-state index in [2.05, 4.69) is 30.6 Å². The van der Waals surface area contributed by atoms with E-state index in [9.17, 15) is 9.90 Å². The summed E-state index contributed by atoms with van der Waals surface area (Å²) in [7, 11) is 0. The number of aromatic nitrogens is 6. The van der Waals surface area contributed by atoms with Crippen molar-refractivity contribution < 1.29 is 9.90 Å². The smallest absolute Gasteiger partial charge is 0.306 e. The predicted octanol–water partition coefficient (Wildman–Crippen LogP) is 3.12. The number of benzene rings is 1. The van der Waals surface area contributed by atoms with Crippen LogP contribution < -0.4 is 5.32 Å². The number of carboxylic acids is 1. The molecule has 0 unspecified atom stereocenters. The van der Waals surface area contributed by atoms with Crippen molar-refractivity contribution in [1.29, 1.82) is 0 Å². The molecule has 0 bridgehead atoms. The van der Waals surface area contributed by atoms with Crippen molar-refractivity contribution in [3.63, 3.8) is 0 Å². The third-order valence-corrected chi connectivity index (χ3v) is 5.61. The molecule has 0 spiro atoms. The van der Waals surface area contributed by atoms with Gasteiger partial charge < -0.3 is 10.4 Å². The lowest BCUT2D eigenvalue weighted by Gasteiger charge is -2.27. The van der Waals surface area contributed by atoms with E-state index in [1.807, 2.05) is 37.3 Å². The van der Waals surface area contributed by atoms with Gasteiger partial charge >= 0.3 is 5.97 Å². The highest BCUT2D eigenvalue weighted by atomic mass is 16.4. The fourth-order valence-corrected chi connectivity index (χ4v) is 4.05. The average Bonchev–Trinajstić information content (AvgIpc) is 3.17. The molecule has 3 heterocycles. The first-order valence-corrected chi connectivity index (χ1v) is 10.0. The van der Waals surface area contributed by atoms with Crippen molar-refractivity contribution in [2.24, 2.45) is 5.92 Å². The number of anilines is 1. The Morgan fingerprint density at radius 3 is 2.93 bits per heavy atom. The summed E-state index contributed by atoms with van der Waals surface area (Å²) in [5, 5.41) is 22.0. The number of aryl methyl sites for hydroxylation is 1. The molecule has 1 aromatic carbocycles. The van der Waals surface area contributed by atoms with Crippen LogP contribution in [0.3, 0.4) is 0 Å². The van der Waals surface area contributed by atoms with Crippen LogP contribution in [0.25, 0.3) is 27.8 Å². The standard InChI is InChI=1S/C21H21N7O2/c1-12-5-6-13-10-16(7-8-17(13)23-12)28-19-18(26-27-28)11-22-21(25-19)24-15-4-2-3-14(9-15)20(29)30/h5-8,10-11,14-15H,2-4,9H2,1H3,(H,29,30)(H,22,24,25)/t14-,15-/m0/s1. The van der Waals surface area contributed by atoms with Gasteiger partial charge in [0.15, 0.2) is 11.2 Å². The second-order valence-electron chi connectivity index (χ2n) is 7.78. The fraction of sp³-hybridized carbons (Fsp3) is 0.333. The number of fused-ring (bicyclic) bond motifs is 2. The molecule has 152 valence electrons. The van der Waals surface area contributed by atoms with Gasteiger partial charge in [0, 0.05) is 17.1 Å². The molecule has 9 heteroatoms. The van der Waals surface area contributed by atoms with Gasteiger partial charge in [-0.25, -0.2) is 4.98 Å².